The lowest BCUT2D eigenvalue weighted by molar-refractivity contribution is 0.102. The summed E-state index contributed by atoms with van der Waals surface area (Å²) in [6.07, 6.45) is 2.90. The van der Waals surface area contributed by atoms with Gasteiger partial charge in [0.15, 0.2) is 0 Å². The molecule has 0 atom stereocenters. The van der Waals surface area contributed by atoms with Crippen LogP contribution in [0.3, 0.4) is 0 Å². The Morgan fingerprint density at radius 2 is 1.69 bits per heavy atom. The third-order valence-electron chi connectivity index (χ3n) is 3.65. The molecule has 1 amide bonds. The minimum atomic E-state index is -0.384. The molecule has 0 aliphatic rings. The van der Waals surface area contributed by atoms with E-state index >= 15 is 0 Å². The number of halogens is 2. The predicted molar refractivity (Wildman–Crippen MR) is 105 cm³/mol. The zero-order valence-electron chi connectivity index (χ0n) is 14.0. The summed E-state index contributed by atoms with van der Waals surface area (Å²) in [4.78, 5) is 20.7. The minimum Gasteiger partial charge on any atom is -0.350 e. The van der Waals surface area contributed by atoms with Crippen molar-refractivity contribution >= 4 is 40.7 Å². The molecule has 0 unspecified atom stereocenters. The second-order valence-electron chi connectivity index (χ2n) is 5.69. The maximum atomic E-state index is 12.3. The fraction of sp³-hybridized carbons (Fsp3) is 0.105. The van der Waals surface area contributed by atoms with Crippen molar-refractivity contribution in [2.75, 3.05) is 10.6 Å². The Labute approximate surface area is 161 Å². The third-order valence-corrected chi connectivity index (χ3v) is 4.28. The molecule has 132 valence electrons. The molecule has 0 saturated carbocycles. The zero-order chi connectivity index (χ0) is 18.5. The van der Waals surface area contributed by atoms with Crippen LogP contribution in [0.5, 0.6) is 0 Å². The van der Waals surface area contributed by atoms with E-state index in [1.807, 2.05) is 25.1 Å². The summed E-state index contributed by atoms with van der Waals surface area (Å²) in [5, 5.41) is 6.53. The lowest BCUT2D eigenvalue weighted by atomic mass is 10.1. The summed E-state index contributed by atoms with van der Waals surface area (Å²) in [6, 6.07) is 13.2. The van der Waals surface area contributed by atoms with Gasteiger partial charge in [-0.1, -0.05) is 59.1 Å². The van der Waals surface area contributed by atoms with Crippen molar-refractivity contribution in [1.82, 2.24) is 9.97 Å². The summed E-state index contributed by atoms with van der Waals surface area (Å²) < 4.78 is 0. The minimum absolute atomic E-state index is 0.307. The van der Waals surface area contributed by atoms with Gasteiger partial charge in [-0.3, -0.25) is 4.79 Å². The van der Waals surface area contributed by atoms with Crippen LogP contribution in [0.15, 0.2) is 54.9 Å². The topological polar surface area (TPSA) is 66.9 Å². The van der Waals surface area contributed by atoms with Crippen LogP contribution in [0.25, 0.3) is 0 Å². The molecule has 26 heavy (non-hydrogen) atoms. The predicted octanol–water partition coefficient (Wildman–Crippen LogP) is 4.96. The van der Waals surface area contributed by atoms with Crippen molar-refractivity contribution in [1.29, 1.82) is 0 Å². The van der Waals surface area contributed by atoms with Crippen LogP contribution < -0.4 is 10.6 Å². The molecule has 0 aliphatic heterocycles. The molecular weight excluding hydrogens is 371 g/mol. The molecule has 1 aromatic heterocycles. The lowest BCUT2D eigenvalue weighted by Gasteiger charge is -2.09. The van der Waals surface area contributed by atoms with Crippen molar-refractivity contribution in [3.05, 3.63) is 81.6 Å². The summed E-state index contributed by atoms with van der Waals surface area (Å²) in [5.74, 6) is 0.0593. The molecule has 0 aliphatic carbocycles. The van der Waals surface area contributed by atoms with Crippen LogP contribution in [0.1, 0.15) is 21.5 Å². The van der Waals surface area contributed by atoms with Crippen LogP contribution in [0, 0.1) is 6.92 Å². The van der Waals surface area contributed by atoms with Gasteiger partial charge in [0.05, 0.1) is 21.3 Å². The summed E-state index contributed by atoms with van der Waals surface area (Å²) >= 11 is 12.1. The first kappa shape index (κ1) is 18.2. The number of nitrogens with zero attached hydrogens (tertiary/aromatic N) is 2. The highest BCUT2D eigenvalue weighted by atomic mass is 35.5. The smallest absolute Gasteiger partial charge is 0.258 e. The molecule has 2 N–H and O–H groups in total. The average molecular weight is 387 g/mol. The Balaban J connectivity index is 1.64. The lowest BCUT2D eigenvalue weighted by Crippen LogP contribution is -2.14. The number of nitrogens with one attached hydrogen (secondary N) is 2. The number of hydrogen-bond donors (Lipinski definition) is 2. The number of rotatable bonds is 5. The number of para-hydroxylation sites is 1. The first-order chi connectivity index (χ1) is 12.5. The second kappa shape index (κ2) is 8.17. The monoisotopic (exact) mass is 386 g/mol. The summed E-state index contributed by atoms with van der Waals surface area (Å²) in [5.41, 5.74) is 2.99. The van der Waals surface area contributed by atoms with Gasteiger partial charge < -0.3 is 10.6 Å². The fourth-order valence-corrected chi connectivity index (χ4v) is 2.83. The van der Waals surface area contributed by atoms with Crippen LogP contribution in [-0.2, 0) is 6.54 Å². The van der Waals surface area contributed by atoms with E-state index in [1.165, 1.54) is 18.0 Å². The fourth-order valence-electron chi connectivity index (χ4n) is 2.34. The van der Waals surface area contributed by atoms with Crippen LogP contribution >= 0.6 is 23.2 Å². The number of carbonyl (C=O) groups is 1. The standard InChI is InChI=1S/C19H16Cl2N4O/c1-12-4-2-5-13(8-12)9-22-19-23-10-14(11-24-19)18(26)25-17-15(20)6-3-7-16(17)21/h2-8,10-11H,9H2,1H3,(H,25,26)(H,22,23,24). The van der Waals surface area contributed by atoms with E-state index in [2.05, 4.69) is 26.7 Å². The number of benzene rings is 2. The van der Waals surface area contributed by atoms with Gasteiger partial charge in [0.2, 0.25) is 5.95 Å². The van der Waals surface area contributed by atoms with Gasteiger partial charge in [-0.25, -0.2) is 9.97 Å². The highest BCUT2D eigenvalue weighted by Gasteiger charge is 2.12. The van der Waals surface area contributed by atoms with Gasteiger partial charge >= 0.3 is 0 Å². The van der Waals surface area contributed by atoms with Gasteiger partial charge in [0.1, 0.15) is 0 Å². The van der Waals surface area contributed by atoms with Gasteiger partial charge in [-0.15, -0.1) is 0 Å². The molecule has 2 aromatic carbocycles. The van der Waals surface area contributed by atoms with Crippen molar-refractivity contribution < 1.29 is 4.79 Å². The highest BCUT2D eigenvalue weighted by Crippen LogP contribution is 2.30. The number of amides is 1. The second-order valence-corrected chi connectivity index (χ2v) is 6.50. The average Bonchev–Trinajstić information content (AvgIpc) is 2.63. The maximum absolute atomic E-state index is 12.3. The van der Waals surface area contributed by atoms with Crippen molar-refractivity contribution in [2.45, 2.75) is 13.5 Å². The van der Waals surface area contributed by atoms with Crippen LogP contribution in [-0.4, -0.2) is 15.9 Å². The molecule has 7 heteroatoms. The van der Waals surface area contributed by atoms with Gasteiger partial charge in [0.25, 0.3) is 5.91 Å². The number of anilines is 2. The molecule has 3 rings (SSSR count). The van der Waals surface area contributed by atoms with Crippen LogP contribution in [0.4, 0.5) is 11.6 Å². The molecule has 5 nitrogen and oxygen atoms in total. The van der Waals surface area contributed by atoms with E-state index in [0.717, 1.165) is 5.56 Å². The molecule has 1 heterocycles. The molecular formula is C19H16Cl2N4O. The number of carbonyl (C=O) groups excluding carboxylic acids is 1. The first-order valence-corrected chi connectivity index (χ1v) is 8.65. The summed E-state index contributed by atoms with van der Waals surface area (Å²) in [6.45, 7) is 2.64. The largest absolute Gasteiger partial charge is 0.350 e. The Hall–Kier alpha value is -2.63. The normalized spacial score (nSPS) is 10.4. The molecule has 0 fully saturated rings. The number of aromatic nitrogens is 2. The highest BCUT2D eigenvalue weighted by molar-refractivity contribution is 6.40. The third kappa shape index (κ3) is 4.50. The van der Waals surface area contributed by atoms with Crippen molar-refractivity contribution in [3.8, 4) is 0 Å². The van der Waals surface area contributed by atoms with E-state index in [0.29, 0.717) is 33.8 Å². The zero-order valence-corrected chi connectivity index (χ0v) is 15.5. The Morgan fingerprint density at radius 1 is 1.04 bits per heavy atom. The molecule has 0 spiro atoms. The van der Waals surface area contributed by atoms with E-state index < -0.39 is 0 Å². The van der Waals surface area contributed by atoms with E-state index in [-0.39, 0.29) is 5.91 Å². The quantitative estimate of drug-likeness (QED) is 0.650. The Bertz CT molecular complexity index is 909. The number of hydrogen-bond acceptors (Lipinski definition) is 4. The van der Waals surface area contributed by atoms with Crippen molar-refractivity contribution in [2.24, 2.45) is 0 Å². The molecule has 0 radical (unpaired) electrons. The maximum Gasteiger partial charge on any atom is 0.258 e. The van der Waals surface area contributed by atoms with Crippen molar-refractivity contribution in [3.63, 3.8) is 0 Å². The number of aryl methyl sites for hydroxylation is 1. The van der Waals surface area contributed by atoms with Gasteiger partial charge in [-0.2, -0.15) is 0 Å². The van der Waals surface area contributed by atoms with E-state index in [9.17, 15) is 4.79 Å². The molecule has 3 aromatic rings. The molecule has 0 saturated heterocycles. The van der Waals surface area contributed by atoms with Gasteiger partial charge in [-0.05, 0) is 24.6 Å². The van der Waals surface area contributed by atoms with E-state index in [1.54, 1.807) is 18.2 Å². The first-order valence-electron chi connectivity index (χ1n) is 7.90. The van der Waals surface area contributed by atoms with E-state index in [4.69, 9.17) is 23.2 Å². The Morgan fingerprint density at radius 3 is 2.35 bits per heavy atom. The Kier molecular flexibility index (Phi) is 5.71. The van der Waals surface area contributed by atoms with Crippen LogP contribution in [0.2, 0.25) is 10.0 Å². The van der Waals surface area contributed by atoms with Gasteiger partial charge in [0, 0.05) is 18.9 Å². The summed E-state index contributed by atoms with van der Waals surface area (Å²) in [7, 11) is 0. The molecule has 0 bridgehead atoms. The SMILES string of the molecule is Cc1cccc(CNc2ncc(C(=O)Nc3c(Cl)cccc3Cl)cn2)c1.